The molecule has 4 heteroatoms. The number of aryl methyl sites for hydroxylation is 1. The van der Waals surface area contributed by atoms with E-state index in [1.165, 1.54) is 23.3 Å². The molecule has 1 fully saturated rings. The minimum Gasteiger partial charge on any atom is -0.457 e. The predicted octanol–water partition coefficient (Wildman–Crippen LogP) is 2.40. The fourth-order valence-electron chi connectivity index (χ4n) is 2.83. The van der Waals surface area contributed by atoms with Crippen molar-refractivity contribution in [2.45, 2.75) is 19.8 Å². The minimum absolute atomic E-state index is 0.0779. The van der Waals surface area contributed by atoms with Crippen LogP contribution in [0.15, 0.2) is 48.5 Å². The third kappa shape index (κ3) is 4.57. The SMILES string of the molecule is Cc1ccc(Oc2ccc(NC(=O)C[NH+]3CCCC3)cc2)cc1. The van der Waals surface area contributed by atoms with E-state index < -0.39 is 0 Å². The van der Waals surface area contributed by atoms with Crippen molar-refractivity contribution in [2.24, 2.45) is 0 Å². The topological polar surface area (TPSA) is 42.8 Å². The van der Waals surface area contributed by atoms with E-state index in [2.05, 4.69) is 5.32 Å². The number of carbonyl (C=O) groups excluding carboxylic acids is 1. The third-order valence-corrected chi connectivity index (χ3v) is 4.12. The molecule has 1 saturated heterocycles. The lowest BCUT2D eigenvalue weighted by molar-refractivity contribution is -0.878. The van der Waals surface area contributed by atoms with Gasteiger partial charge in [-0.3, -0.25) is 4.79 Å². The van der Waals surface area contributed by atoms with Gasteiger partial charge in [0.15, 0.2) is 6.54 Å². The number of ether oxygens (including phenoxy) is 1. The number of anilines is 1. The Morgan fingerprint density at radius 3 is 2.17 bits per heavy atom. The van der Waals surface area contributed by atoms with Crippen LogP contribution in [0.2, 0.25) is 0 Å². The summed E-state index contributed by atoms with van der Waals surface area (Å²) >= 11 is 0. The van der Waals surface area contributed by atoms with E-state index in [0.29, 0.717) is 6.54 Å². The van der Waals surface area contributed by atoms with Crippen LogP contribution in [0.5, 0.6) is 11.5 Å². The molecule has 0 aliphatic carbocycles. The van der Waals surface area contributed by atoms with Crippen molar-refractivity contribution in [2.75, 3.05) is 25.0 Å². The van der Waals surface area contributed by atoms with E-state index >= 15 is 0 Å². The highest BCUT2D eigenvalue weighted by atomic mass is 16.5. The smallest absolute Gasteiger partial charge is 0.279 e. The molecule has 2 aromatic carbocycles. The van der Waals surface area contributed by atoms with Crippen LogP contribution in [0, 0.1) is 6.92 Å². The fraction of sp³-hybridized carbons (Fsp3) is 0.316. The molecule has 0 spiro atoms. The zero-order chi connectivity index (χ0) is 16.1. The maximum absolute atomic E-state index is 12.0. The molecule has 1 aliphatic heterocycles. The van der Waals surface area contributed by atoms with Crippen LogP contribution in [0.25, 0.3) is 0 Å². The van der Waals surface area contributed by atoms with Crippen LogP contribution in [0.4, 0.5) is 5.69 Å². The molecule has 0 saturated carbocycles. The highest BCUT2D eigenvalue weighted by molar-refractivity contribution is 5.91. The van der Waals surface area contributed by atoms with Crippen molar-refractivity contribution in [3.8, 4) is 11.5 Å². The monoisotopic (exact) mass is 311 g/mol. The lowest BCUT2D eigenvalue weighted by Crippen LogP contribution is -3.11. The van der Waals surface area contributed by atoms with Gasteiger partial charge in [0.2, 0.25) is 0 Å². The van der Waals surface area contributed by atoms with Crippen molar-refractivity contribution < 1.29 is 14.4 Å². The summed E-state index contributed by atoms with van der Waals surface area (Å²) in [5.41, 5.74) is 2.01. The second-order valence-corrected chi connectivity index (χ2v) is 6.12. The van der Waals surface area contributed by atoms with Crippen LogP contribution in [-0.4, -0.2) is 25.5 Å². The molecule has 1 heterocycles. The zero-order valence-electron chi connectivity index (χ0n) is 13.5. The van der Waals surface area contributed by atoms with Gasteiger partial charge in [0.25, 0.3) is 5.91 Å². The Labute approximate surface area is 137 Å². The molecule has 23 heavy (non-hydrogen) atoms. The second kappa shape index (κ2) is 7.29. The Balaban J connectivity index is 1.54. The van der Waals surface area contributed by atoms with Crippen molar-refractivity contribution in [3.63, 3.8) is 0 Å². The standard InChI is InChI=1S/C19H22N2O2/c1-15-4-8-17(9-5-15)23-18-10-6-16(7-11-18)20-19(22)14-21-12-2-3-13-21/h4-11H,2-3,12-14H2,1H3,(H,20,22)/p+1. The Morgan fingerprint density at radius 1 is 1.00 bits per heavy atom. The van der Waals surface area contributed by atoms with Crippen LogP contribution in [0.1, 0.15) is 18.4 Å². The van der Waals surface area contributed by atoms with Gasteiger partial charge in [-0.15, -0.1) is 0 Å². The van der Waals surface area contributed by atoms with Crippen LogP contribution in [-0.2, 0) is 4.79 Å². The lowest BCUT2D eigenvalue weighted by atomic mass is 10.2. The Morgan fingerprint density at radius 2 is 1.57 bits per heavy atom. The van der Waals surface area contributed by atoms with E-state index in [4.69, 9.17) is 4.74 Å². The molecular formula is C19H23N2O2+. The van der Waals surface area contributed by atoms with Gasteiger partial charge < -0.3 is 15.0 Å². The zero-order valence-corrected chi connectivity index (χ0v) is 13.5. The van der Waals surface area contributed by atoms with Gasteiger partial charge in [-0.25, -0.2) is 0 Å². The molecule has 2 N–H and O–H groups in total. The summed E-state index contributed by atoms with van der Waals surface area (Å²) in [4.78, 5) is 13.4. The number of quaternary nitrogens is 1. The summed E-state index contributed by atoms with van der Waals surface area (Å²) in [6.07, 6.45) is 2.46. The third-order valence-electron chi connectivity index (χ3n) is 4.12. The van der Waals surface area contributed by atoms with E-state index in [0.717, 1.165) is 30.3 Å². The van der Waals surface area contributed by atoms with Crippen LogP contribution >= 0.6 is 0 Å². The summed E-state index contributed by atoms with van der Waals surface area (Å²) in [6, 6.07) is 15.4. The molecule has 0 unspecified atom stereocenters. The van der Waals surface area contributed by atoms with E-state index in [-0.39, 0.29) is 5.91 Å². The average Bonchev–Trinajstić information content (AvgIpc) is 3.04. The minimum atomic E-state index is 0.0779. The molecule has 0 atom stereocenters. The summed E-state index contributed by atoms with van der Waals surface area (Å²) in [6.45, 7) is 4.82. The lowest BCUT2D eigenvalue weighted by Gasteiger charge is -2.12. The molecule has 0 radical (unpaired) electrons. The normalized spacial score (nSPS) is 14.7. The average molecular weight is 311 g/mol. The number of nitrogens with one attached hydrogen (secondary N) is 2. The van der Waals surface area contributed by atoms with Crippen molar-refractivity contribution in [1.82, 2.24) is 0 Å². The maximum Gasteiger partial charge on any atom is 0.279 e. The van der Waals surface area contributed by atoms with Gasteiger partial charge in [0.05, 0.1) is 13.1 Å². The number of hydrogen-bond donors (Lipinski definition) is 2. The molecule has 1 amide bonds. The number of hydrogen-bond acceptors (Lipinski definition) is 2. The van der Waals surface area contributed by atoms with Gasteiger partial charge >= 0.3 is 0 Å². The number of carbonyl (C=O) groups is 1. The molecule has 3 rings (SSSR count). The molecule has 4 nitrogen and oxygen atoms in total. The molecule has 2 aromatic rings. The van der Waals surface area contributed by atoms with E-state index in [9.17, 15) is 4.79 Å². The molecule has 0 bridgehead atoms. The van der Waals surface area contributed by atoms with Crippen molar-refractivity contribution >= 4 is 11.6 Å². The highest BCUT2D eigenvalue weighted by Gasteiger charge is 2.18. The summed E-state index contributed by atoms with van der Waals surface area (Å²) in [7, 11) is 0. The van der Waals surface area contributed by atoms with Crippen LogP contribution in [0.3, 0.4) is 0 Å². The van der Waals surface area contributed by atoms with Gasteiger partial charge in [-0.2, -0.15) is 0 Å². The number of amides is 1. The van der Waals surface area contributed by atoms with Gasteiger partial charge in [0, 0.05) is 18.5 Å². The number of rotatable bonds is 5. The molecule has 0 aromatic heterocycles. The molecular weight excluding hydrogens is 288 g/mol. The first-order chi connectivity index (χ1) is 11.2. The first-order valence-electron chi connectivity index (χ1n) is 8.17. The summed E-state index contributed by atoms with van der Waals surface area (Å²) < 4.78 is 5.78. The first kappa shape index (κ1) is 15.6. The Bertz CT molecular complexity index is 644. The quantitative estimate of drug-likeness (QED) is 0.890. The van der Waals surface area contributed by atoms with Crippen LogP contribution < -0.4 is 15.0 Å². The fourth-order valence-corrected chi connectivity index (χ4v) is 2.83. The maximum atomic E-state index is 12.0. The van der Waals surface area contributed by atoms with Crippen molar-refractivity contribution in [3.05, 3.63) is 54.1 Å². The summed E-state index contributed by atoms with van der Waals surface area (Å²) in [5.74, 6) is 1.65. The van der Waals surface area contributed by atoms with E-state index in [1.54, 1.807) is 0 Å². The van der Waals surface area contributed by atoms with Gasteiger partial charge in [-0.1, -0.05) is 17.7 Å². The second-order valence-electron chi connectivity index (χ2n) is 6.12. The van der Waals surface area contributed by atoms with Gasteiger partial charge in [0.1, 0.15) is 11.5 Å². The highest BCUT2D eigenvalue weighted by Crippen LogP contribution is 2.23. The molecule has 1 aliphatic rings. The Hall–Kier alpha value is -2.33. The largest absolute Gasteiger partial charge is 0.457 e. The van der Waals surface area contributed by atoms with E-state index in [1.807, 2.05) is 55.5 Å². The first-order valence-corrected chi connectivity index (χ1v) is 8.17. The van der Waals surface area contributed by atoms with Gasteiger partial charge in [-0.05, 0) is 43.3 Å². The predicted molar refractivity (Wildman–Crippen MR) is 91.1 cm³/mol. The van der Waals surface area contributed by atoms with Crippen molar-refractivity contribution in [1.29, 1.82) is 0 Å². The summed E-state index contributed by atoms with van der Waals surface area (Å²) in [5, 5.41) is 2.95. The number of benzene rings is 2. The Kier molecular flexibility index (Phi) is 4.93. The molecule has 120 valence electrons. The number of likely N-dealkylation sites (tertiary alicyclic amines) is 1.